The number of rotatable bonds is 6. The van der Waals surface area contributed by atoms with E-state index in [-0.39, 0.29) is 5.91 Å². The van der Waals surface area contributed by atoms with Gasteiger partial charge in [-0.3, -0.25) is 4.79 Å². The fourth-order valence-corrected chi connectivity index (χ4v) is 1.99. The zero-order valence-electron chi connectivity index (χ0n) is 11.7. The molecule has 0 radical (unpaired) electrons. The Morgan fingerprint density at radius 2 is 2.38 bits per heavy atom. The van der Waals surface area contributed by atoms with Gasteiger partial charge >= 0.3 is 5.97 Å². The number of benzene rings is 1. The van der Waals surface area contributed by atoms with Crippen molar-refractivity contribution in [2.45, 2.75) is 25.6 Å². The quantitative estimate of drug-likeness (QED) is 0.768. The first-order valence-corrected chi connectivity index (χ1v) is 6.59. The first-order chi connectivity index (χ1) is 10.0. The first-order valence-electron chi connectivity index (χ1n) is 6.59. The molecule has 0 aliphatic carbocycles. The second kappa shape index (κ2) is 6.30. The van der Waals surface area contributed by atoms with Crippen LogP contribution < -0.4 is 14.8 Å². The lowest BCUT2D eigenvalue weighted by Gasteiger charge is -2.14. The maximum atomic E-state index is 11.7. The van der Waals surface area contributed by atoms with Crippen LogP contribution in [0.1, 0.15) is 12.5 Å². The Morgan fingerprint density at radius 1 is 1.62 bits per heavy atom. The molecule has 2 rings (SSSR count). The predicted octanol–water partition coefficient (Wildman–Crippen LogP) is 1.14. The van der Waals surface area contributed by atoms with Crippen LogP contribution in [0.15, 0.2) is 30.9 Å². The SMILES string of the molecule is C=CCNC(=O)C(C)Oc1ccc2c(c1)OC(C(=O)O)C2. The Balaban J connectivity index is 2.00. The lowest BCUT2D eigenvalue weighted by molar-refractivity contribution is -0.144. The number of carboxylic acid groups (broad SMARTS) is 1. The van der Waals surface area contributed by atoms with Gasteiger partial charge in [-0.05, 0) is 18.6 Å². The maximum absolute atomic E-state index is 11.7. The zero-order chi connectivity index (χ0) is 15.4. The average molecular weight is 291 g/mol. The molecular weight excluding hydrogens is 274 g/mol. The van der Waals surface area contributed by atoms with Crippen LogP contribution in [0.2, 0.25) is 0 Å². The van der Waals surface area contributed by atoms with Gasteiger partial charge in [-0.1, -0.05) is 12.1 Å². The smallest absolute Gasteiger partial charge is 0.345 e. The summed E-state index contributed by atoms with van der Waals surface area (Å²) in [5, 5.41) is 11.6. The normalized spacial score (nSPS) is 17.3. The summed E-state index contributed by atoms with van der Waals surface area (Å²) in [6.07, 6.45) is 0.392. The van der Waals surface area contributed by atoms with Crippen LogP contribution in [-0.2, 0) is 16.0 Å². The van der Waals surface area contributed by atoms with Crippen molar-refractivity contribution >= 4 is 11.9 Å². The highest BCUT2D eigenvalue weighted by Gasteiger charge is 2.29. The summed E-state index contributed by atoms with van der Waals surface area (Å²) in [6.45, 7) is 5.52. The van der Waals surface area contributed by atoms with Crippen molar-refractivity contribution < 1.29 is 24.2 Å². The van der Waals surface area contributed by atoms with Crippen molar-refractivity contribution in [1.29, 1.82) is 0 Å². The fraction of sp³-hybridized carbons (Fsp3) is 0.333. The third kappa shape index (κ3) is 3.53. The van der Waals surface area contributed by atoms with Gasteiger partial charge in [0.15, 0.2) is 12.2 Å². The van der Waals surface area contributed by atoms with E-state index in [1.807, 2.05) is 0 Å². The summed E-state index contributed by atoms with van der Waals surface area (Å²) in [6, 6.07) is 5.06. The van der Waals surface area contributed by atoms with Crippen LogP contribution in [0.3, 0.4) is 0 Å². The van der Waals surface area contributed by atoms with E-state index in [2.05, 4.69) is 11.9 Å². The summed E-state index contributed by atoms with van der Waals surface area (Å²) in [4.78, 5) is 22.6. The second-order valence-corrected chi connectivity index (χ2v) is 4.71. The number of nitrogens with one attached hydrogen (secondary N) is 1. The van der Waals surface area contributed by atoms with E-state index in [4.69, 9.17) is 14.6 Å². The van der Waals surface area contributed by atoms with Gasteiger partial charge in [0.2, 0.25) is 0 Å². The Morgan fingerprint density at radius 3 is 3.05 bits per heavy atom. The van der Waals surface area contributed by atoms with E-state index in [0.717, 1.165) is 5.56 Å². The molecule has 2 atom stereocenters. The Hall–Kier alpha value is -2.50. The van der Waals surface area contributed by atoms with Gasteiger partial charge in [-0.25, -0.2) is 4.79 Å². The van der Waals surface area contributed by atoms with Crippen molar-refractivity contribution in [3.63, 3.8) is 0 Å². The van der Waals surface area contributed by atoms with Crippen LogP contribution in [0.5, 0.6) is 11.5 Å². The third-order valence-corrected chi connectivity index (χ3v) is 3.09. The number of amides is 1. The lowest BCUT2D eigenvalue weighted by Crippen LogP contribution is -2.36. The molecule has 0 saturated heterocycles. The minimum Gasteiger partial charge on any atom is -0.481 e. The van der Waals surface area contributed by atoms with Crippen molar-refractivity contribution in [2.24, 2.45) is 0 Å². The number of carbonyl (C=O) groups is 2. The monoisotopic (exact) mass is 291 g/mol. The third-order valence-electron chi connectivity index (χ3n) is 3.09. The van der Waals surface area contributed by atoms with Crippen LogP contribution in [0, 0.1) is 0 Å². The van der Waals surface area contributed by atoms with Gasteiger partial charge in [-0.2, -0.15) is 0 Å². The molecule has 1 aromatic carbocycles. The zero-order valence-corrected chi connectivity index (χ0v) is 11.7. The molecule has 0 bridgehead atoms. The fourth-order valence-electron chi connectivity index (χ4n) is 1.99. The van der Waals surface area contributed by atoms with Crippen molar-refractivity contribution in [3.8, 4) is 11.5 Å². The summed E-state index contributed by atoms with van der Waals surface area (Å²) in [7, 11) is 0. The van der Waals surface area contributed by atoms with Crippen LogP contribution in [0.4, 0.5) is 0 Å². The molecule has 0 aromatic heterocycles. The Labute approximate surface area is 122 Å². The molecule has 1 heterocycles. The molecule has 0 fully saturated rings. The van der Waals surface area contributed by atoms with E-state index in [1.54, 1.807) is 31.2 Å². The van der Waals surface area contributed by atoms with Gasteiger partial charge in [0.25, 0.3) is 5.91 Å². The molecule has 1 amide bonds. The number of carboxylic acids is 1. The molecule has 112 valence electrons. The van der Waals surface area contributed by atoms with Gasteiger partial charge in [0.1, 0.15) is 11.5 Å². The van der Waals surface area contributed by atoms with Crippen molar-refractivity contribution in [2.75, 3.05) is 6.54 Å². The largest absolute Gasteiger partial charge is 0.481 e. The van der Waals surface area contributed by atoms with Crippen molar-refractivity contribution in [3.05, 3.63) is 36.4 Å². The van der Waals surface area contributed by atoms with Gasteiger partial charge in [0.05, 0.1) is 0 Å². The van der Waals surface area contributed by atoms with Crippen LogP contribution in [-0.4, -0.2) is 35.7 Å². The molecule has 2 unspecified atom stereocenters. The molecule has 1 aromatic rings. The Kier molecular flexibility index (Phi) is 4.47. The minimum atomic E-state index is -0.995. The summed E-state index contributed by atoms with van der Waals surface area (Å²) >= 11 is 0. The molecule has 1 aliphatic rings. The van der Waals surface area contributed by atoms with E-state index in [9.17, 15) is 9.59 Å². The summed E-state index contributed by atoms with van der Waals surface area (Å²) in [5.74, 6) is -0.301. The first kappa shape index (κ1) is 14.9. The molecule has 0 saturated carbocycles. The van der Waals surface area contributed by atoms with Gasteiger partial charge in [0, 0.05) is 19.0 Å². The van der Waals surface area contributed by atoms with E-state index in [1.165, 1.54) is 0 Å². The second-order valence-electron chi connectivity index (χ2n) is 4.71. The molecule has 2 N–H and O–H groups in total. The van der Waals surface area contributed by atoms with Crippen molar-refractivity contribution in [1.82, 2.24) is 5.32 Å². The van der Waals surface area contributed by atoms with Crippen LogP contribution >= 0.6 is 0 Å². The topological polar surface area (TPSA) is 84.9 Å². The van der Waals surface area contributed by atoms with Crippen LogP contribution in [0.25, 0.3) is 0 Å². The maximum Gasteiger partial charge on any atom is 0.345 e. The van der Waals surface area contributed by atoms with Gasteiger partial charge < -0.3 is 19.9 Å². The van der Waals surface area contributed by atoms with E-state index in [0.29, 0.717) is 24.5 Å². The number of hydrogen-bond acceptors (Lipinski definition) is 4. The lowest BCUT2D eigenvalue weighted by atomic mass is 10.1. The highest BCUT2D eigenvalue weighted by atomic mass is 16.5. The molecule has 0 spiro atoms. The summed E-state index contributed by atoms with van der Waals surface area (Å²) in [5.41, 5.74) is 0.818. The molecule has 6 nitrogen and oxygen atoms in total. The predicted molar refractivity (Wildman–Crippen MR) is 75.5 cm³/mol. The minimum absolute atomic E-state index is 0.250. The molecule has 6 heteroatoms. The van der Waals surface area contributed by atoms with E-state index >= 15 is 0 Å². The van der Waals surface area contributed by atoms with Gasteiger partial charge in [-0.15, -0.1) is 6.58 Å². The number of hydrogen-bond donors (Lipinski definition) is 2. The molecular formula is C15H17NO5. The number of fused-ring (bicyclic) bond motifs is 1. The summed E-state index contributed by atoms with van der Waals surface area (Å²) < 4.78 is 10.8. The molecule has 1 aliphatic heterocycles. The average Bonchev–Trinajstić information content (AvgIpc) is 2.88. The standard InChI is InChI=1S/C15H17NO5/c1-3-6-16-14(17)9(2)20-11-5-4-10-7-13(15(18)19)21-12(10)8-11/h3-5,8-9,13H,1,6-7H2,2H3,(H,16,17)(H,18,19). The molecule has 21 heavy (non-hydrogen) atoms. The number of carbonyl (C=O) groups excluding carboxylic acids is 1. The number of aliphatic carboxylic acids is 1. The Bertz CT molecular complexity index is 569. The highest BCUT2D eigenvalue weighted by Crippen LogP contribution is 2.32. The highest BCUT2D eigenvalue weighted by molar-refractivity contribution is 5.80. The number of ether oxygens (including phenoxy) is 2. The van der Waals surface area contributed by atoms with E-state index < -0.39 is 18.2 Å².